The van der Waals surface area contributed by atoms with Crippen molar-refractivity contribution >= 4 is 11.5 Å². The van der Waals surface area contributed by atoms with Gasteiger partial charge in [-0.2, -0.15) is 22.8 Å². The first kappa shape index (κ1) is 13.3. The largest absolute Gasteiger partial charge is 0.433 e. The second-order valence-corrected chi connectivity index (χ2v) is 4.21. The van der Waals surface area contributed by atoms with Gasteiger partial charge in [-0.1, -0.05) is 0 Å². The second-order valence-electron chi connectivity index (χ2n) is 4.21. The molecule has 0 saturated heterocycles. The van der Waals surface area contributed by atoms with Gasteiger partial charge in [-0.25, -0.2) is 10.8 Å². The van der Waals surface area contributed by atoms with Gasteiger partial charge in [0.05, 0.1) is 5.69 Å². The van der Waals surface area contributed by atoms with E-state index in [9.17, 15) is 13.2 Å². The minimum Gasteiger partial charge on any atom is -0.308 e. The number of halogens is 3. The van der Waals surface area contributed by atoms with Crippen LogP contribution in [0.15, 0.2) is 36.7 Å². The van der Waals surface area contributed by atoms with Crippen LogP contribution in [0.5, 0.6) is 0 Å². The molecule has 0 radical (unpaired) electrons. The highest BCUT2D eigenvalue weighted by Crippen LogP contribution is 2.30. The van der Waals surface area contributed by atoms with Crippen LogP contribution in [-0.2, 0) is 6.18 Å². The summed E-state index contributed by atoms with van der Waals surface area (Å²) in [6, 6.07) is 5.69. The molecule has 108 valence electrons. The predicted molar refractivity (Wildman–Crippen MR) is 69.0 cm³/mol. The Morgan fingerprint density at radius 2 is 2.05 bits per heavy atom. The van der Waals surface area contributed by atoms with Gasteiger partial charge in [0.2, 0.25) is 0 Å². The Morgan fingerprint density at radius 1 is 1.24 bits per heavy atom. The Balaban J connectivity index is 2.21. The predicted octanol–water partition coefficient (Wildman–Crippen LogP) is 2.10. The zero-order valence-electron chi connectivity index (χ0n) is 10.5. The Kier molecular flexibility index (Phi) is 2.98. The van der Waals surface area contributed by atoms with Crippen molar-refractivity contribution in [3.05, 3.63) is 42.4 Å². The molecule has 0 saturated carbocycles. The maximum absolute atomic E-state index is 12.8. The molecule has 9 heteroatoms. The van der Waals surface area contributed by atoms with E-state index in [1.807, 2.05) is 0 Å². The van der Waals surface area contributed by atoms with Crippen molar-refractivity contribution in [3.63, 3.8) is 0 Å². The van der Waals surface area contributed by atoms with E-state index in [1.165, 1.54) is 10.6 Å². The van der Waals surface area contributed by atoms with Crippen LogP contribution in [-0.4, -0.2) is 19.6 Å². The highest BCUT2D eigenvalue weighted by atomic mass is 19.4. The molecular formula is C12H9F3N6. The van der Waals surface area contributed by atoms with Gasteiger partial charge in [0.25, 0.3) is 0 Å². The Morgan fingerprint density at radius 3 is 2.67 bits per heavy atom. The minimum atomic E-state index is -4.56. The lowest BCUT2D eigenvalue weighted by Gasteiger charge is -2.09. The lowest BCUT2D eigenvalue weighted by molar-refractivity contribution is -0.141. The van der Waals surface area contributed by atoms with Crippen LogP contribution in [0.3, 0.4) is 0 Å². The zero-order chi connectivity index (χ0) is 15.0. The summed E-state index contributed by atoms with van der Waals surface area (Å²) >= 11 is 0. The van der Waals surface area contributed by atoms with Gasteiger partial charge in [0.1, 0.15) is 5.82 Å². The van der Waals surface area contributed by atoms with Crippen molar-refractivity contribution in [1.82, 2.24) is 19.6 Å². The number of hydrogen-bond donors (Lipinski definition) is 2. The first-order valence-electron chi connectivity index (χ1n) is 5.84. The second kappa shape index (κ2) is 4.70. The van der Waals surface area contributed by atoms with Gasteiger partial charge in [-0.05, 0) is 12.1 Å². The van der Waals surface area contributed by atoms with E-state index in [1.54, 1.807) is 24.5 Å². The third-order valence-electron chi connectivity index (χ3n) is 2.82. The van der Waals surface area contributed by atoms with E-state index in [4.69, 9.17) is 5.84 Å². The van der Waals surface area contributed by atoms with Gasteiger partial charge in [0, 0.05) is 30.1 Å². The lowest BCUT2D eigenvalue weighted by Crippen LogP contribution is -2.16. The number of aromatic nitrogens is 4. The Hall–Kier alpha value is -2.68. The number of hydrazine groups is 1. The maximum Gasteiger partial charge on any atom is 0.433 e. The number of fused-ring (bicyclic) bond motifs is 1. The van der Waals surface area contributed by atoms with E-state index in [2.05, 4.69) is 20.5 Å². The van der Waals surface area contributed by atoms with E-state index < -0.39 is 11.9 Å². The number of nitrogens with two attached hydrogens (primary N) is 1. The summed E-state index contributed by atoms with van der Waals surface area (Å²) in [7, 11) is 0. The molecule has 3 aromatic rings. The first-order valence-corrected chi connectivity index (χ1v) is 5.84. The van der Waals surface area contributed by atoms with Crippen molar-refractivity contribution in [2.24, 2.45) is 5.84 Å². The summed E-state index contributed by atoms with van der Waals surface area (Å²) in [5.41, 5.74) is 2.31. The maximum atomic E-state index is 12.8. The van der Waals surface area contributed by atoms with Gasteiger partial charge in [0.15, 0.2) is 11.3 Å². The van der Waals surface area contributed by atoms with Crippen LogP contribution in [0.4, 0.5) is 19.0 Å². The van der Waals surface area contributed by atoms with E-state index in [-0.39, 0.29) is 11.5 Å². The number of nitrogen functional groups attached to an aromatic ring is 1. The van der Waals surface area contributed by atoms with E-state index in [0.717, 1.165) is 6.07 Å². The fourth-order valence-corrected chi connectivity index (χ4v) is 1.88. The van der Waals surface area contributed by atoms with Crippen LogP contribution >= 0.6 is 0 Å². The quantitative estimate of drug-likeness (QED) is 0.559. The first-order chi connectivity index (χ1) is 9.99. The third-order valence-corrected chi connectivity index (χ3v) is 2.82. The Bertz CT molecular complexity index is 781. The molecule has 21 heavy (non-hydrogen) atoms. The molecule has 0 fully saturated rings. The lowest BCUT2D eigenvalue weighted by atomic mass is 10.2. The van der Waals surface area contributed by atoms with Gasteiger partial charge >= 0.3 is 6.18 Å². The summed E-state index contributed by atoms with van der Waals surface area (Å²) in [6.07, 6.45) is -1.42. The van der Waals surface area contributed by atoms with E-state index in [0.29, 0.717) is 11.3 Å². The molecule has 0 unspecified atom stereocenters. The summed E-state index contributed by atoms with van der Waals surface area (Å²) in [5.74, 6) is 5.25. The summed E-state index contributed by atoms with van der Waals surface area (Å²) < 4.78 is 39.6. The number of nitrogens with zero attached hydrogens (tertiary/aromatic N) is 4. The molecule has 6 nitrogen and oxygen atoms in total. The smallest absolute Gasteiger partial charge is 0.308 e. The highest BCUT2D eigenvalue weighted by Gasteiger charge is 2.33. The molecule has 3 aromatic heterocycles. The summed E-state index contributed by atoms with van der Waals surface area (Å²) in [5, 5.41) is 4.18. The number of hydrogen-bond acceptors (Lipinski definition) is 5. The third kappa shape index (κ3) is 2.38. The molecule has 0 aliphatic rings. The molecule has 0 amide bonds. The molecular weight excluding hydrogens is 285 g/mol. The summed E-state index contributed by atoms with van der Waals surface area (Å²) in [6.45, 7) is 0. The van der Waals surface area contributed by atoms with Crippen molar-refractivity contribution < 1.29 is 13.2 Å². The fraction of sp³-hybridized carbons (Fsp3) is 0.0833. The van der Waals surface area contributed by atoms with Crippen molar-refractivity contribution in [3.8, 4) is 11.3 Å². The number of alkyl halides is 3. The standard InChI is InChI=1S/C12H9F3N6/c13-12(14,15)9-5-11(19-16)21-10(18-9)4-8(20-21)7-2-1-3-17-6-7/h1-6,19H,16H2. The van der Waals surface area contributed by atoms with Crippen LogP contribution in [0, 0.1) is 0 Å². The molecule has 0 aliphatic carbocycles. The summed E-state index contributed by atoms with van der Waals surface area (Å²) in [4.78, 5) is 7.50. The van der Waals surface area contributed by atoms with Gasteiger partial charge in [-0.15, -0.1) is 0 Å². The van der Waals surface area contributed by atoms with Crippen molar-refractivity contribution in [2.45, 2.75) is 6.18 Å². The minimum absolute atomic E-state index is 0.0116. The average Bonchev–Trinajstić information content (AvgIpc) is 2.90. The number of rotatable bonds is 2. The number of anilines is 1. The number of nitrogens with one attached hydrogen (secondary N) is 1. The van der Waals surface area contributed by atoms with Crippen molar-refractivity contribution in [2.75, 3.05) is 5.43 Å². The van der Waals surface area contributed by atoms with Crippen LogP contribution < -0.4 is 11.3 Å². The van der Waals surface area contributed by atoms with Gasteiger partial charge in [-0.3, -0.25) is 4.98 Å². The molecule has 3 rings (SSSR count). The fourth-order valence-electron chi connectivity index (χ4n) is 1.88. The number of pyridine rings is 1. The Labute approximate surface area is 116 Å². The molecule has 3 heterocycles. The highest BCUT2D eigenvalue weighted by molar-refractivity contribution is 5.65. The normalized spacial score (nSPS) is 11.8. The molecule has 3 N–H and O–H groups in total. The van der Waals surface area contributed by atoms with Crippen LogP contribution in [0.1, 0.15) is 5.69 Å². The molecule has 0 spiro atoms. The molecule has 0 atom stereocenters. The molecule has 0 bridgehead atoms. The topological polar surface area (TPSA) is 81.1 Å². The SMILES string of the molecule is NNc1cc(C(F)(F)F)nc2cc(-c3cccnc3)nn12. The molecule has 0 aliphatic heterocycles. The van der Waals surface area contributed by atoms with E-state index >= 15 is 0 Å². The monoisotopic (exact) mass is 294 g/mol. The van der Waals surface area contributed by atoms with Crippen LogP contribution in [0.25, 0.3) is 16.9 Å². The van der Waals surface area contributed by atoms with Crippen molar-refractivity contribution in [1.29, 1.82) is 0 Å². The zero-order valence-corrected chi connectivity index (χ0v) is 10.5. The van der Waals surface area contributed by atoms with Crippen LogP contribution in [0.2, 0.25) is 0 Å². The molecule has 0 aromatic carbocycles. The average molecular weight is 294 g/mol. The van der Waals surface area contributed by atoms with Gasteiger partial charge < -0.3 is 5.43 Å².